The molecule has 0 fully saturated rings. The first kappa shape index (κ1) is 14.1. The predicted molar refractivity (Wildman–Crippen MR) is 66.3 cm³/mol. The molecule has 96 valence electrons. The van der Waals surface area contributed by atoms with Crippen LogP contribution in [0.25, 0.3) is 0 Å². The Morgan fingerprint density at radius 3 is 2.76 bits per heavy atom. The van der Waals surface area contributed by atoms with Crippen molar-refractivity contribution in [1.29, 1.82) is 0 Å². The van der Waals surface area contributed by atoms with Gasteiger partial charge in [-0.25, -0.2) is 4.39 Å². The van der Waals surface area contributed by atoms with Gasteiger partial charge < -0.3 is 10.1 Å². The van der Waals surface area contributed by atoms with Gasteiger partial charge in [0.25, 0.3) is 0 Å². The minimum absolute atomic E-state index is 0.00701. The van der Waals surface area contributed by atoms with E-state index in [1.165, 1.54) is 6.20 Å². The van der Waals surface area contributed by atoms with Gasteiger partial charge in [0.2, 0.25) is 0 Å². The minimum atomic E-state index is -0.262. The van der Waals surface area contributed by atoms with Gasteiger partial charge in [0.15, 0.2) is 0 Å². The van der Waals surface area contributed by atoms with Gasteiger partial charge in [-0.1, -0.05) is 0 Å². The molecule has 1 N–H and O–H groups in total. The number of halogens is 1. The van der Waals surface area contributed by atoms with E-state index in [0.29, 0.717) is 5.56 Å². The second-order valence-corrected chi connectivity index (χ2v) is 4.74. The van der Waals surface area contributed by atoms with Crippen molar-refractivity contribution in [2.75, 3.05) is 14.2 Å². The number of aromatic nitrogens is 1. The third-order valence-electron chi connectivity index (χ3n) is 3.12. The van der Waals surface area contributed by atoms with Crippen molar-refractivity contribution in [3.63, 3.8) is 0 Å². The molecule has 0 saturated carbocycles. The van der Waals surface area contributed by atoms with Gasteiger partial charge in [-0.15, -0.1) is 0 Å². The van der Waals surface area contributed by atoms with E-state index in [1.807, 2.05) is 20.9 Å². The Bertz CT molecular complexity index is 355. The lowest BCUT2D eigenvalue weighted by molar-refractivity contribution is 0.0117. The summed E-state index contributed by atoms with van der Waals surface area (Å²) in [5.41, 5.74) is 0.480. The fraction of sp³-hybridized carbons (Fsp3) is 0.615. The van der Waals surface area contributed by atoms with Crippen molar-refractivity contribution in [2.24, 2.45) is 0 Å². The van der Waals surface area contributed by atoms with Gasteiger partial charge in [0, 0.05) is 24.9 Å². The zero-order chi connectivity index (χ0) is 12.9. The predicted octanol–water partition coefficient (Wildman–Crippen LogP) is 2.69. The molecule has 0 spiro atoms. The van der Waals surface area contributed by atoms with E-state index in [-0.39, 0.29) is 17.5 Å². The van der Waals surface area contributed by atoms with E-state index in [9.17, 15) is 4.39 Å². The van der Waals surface area contributed by atoms with Crippen LogP contribution in [0.15, 0.2) is 18.5 Å². The minimum Gasteiger partial charge on any atom is -0.379 e. The zero-order valence-corrected chi connectivity index (χ0v) is 11.0. The molecule has 1 atom stereocenters. The number of hydrogen-bond acceptors (Lipinski definition) is 3. The van der Waals surface area contributed by atoms with Gasteiger partial charge >= 0.3 is 0 Å². The summed E-state index contributed by atoms with van der Waals surface area (Å²) in [6.45, 7) is 4.06. The number of methoxy groups -OCH3 is 1. The van der Waals surface area contributed by atoms with Gasteiger partial charge in [-0.2, -0.15) is 0 Å². The largest absolute Gasteiger partial charge is 0.379 e. The quantitative estimate of drug-likeness (QED) is 0.830. The summed E-state index contributed by atoms with van der Waals surface area (Å²) in [6, 6.07) is 1.71. The molecule has 1 unspecified atom stereocenters. The lowest BCUT2D eigenvalue weighted by Gasteiger charge is -2.26. The second-order valence-electron chi connectivity index (χ2n) is 4.74. The molecule has 3 nitrogen and oxygen atoms in total. The maximum Gasteiger partial charge on any atom is 0.146 e. The standard InChI is InChI=1S/C13H21FN2O/c1-13(2,17-4)7-5-12(15-3)10-6-8-16-9-11(10)14/h6,8-9,12,15H,5,7H2,1-4H3. The average Bonchev–Trinajstić information content (AvgIpc) is 2.32. The summed E-state index contributed by atoms with van der Waals surface area (Å²) in [5.74, 6) is -0.262. The summed E-state index contributed by atoms with van der Waals surface area (Å²) in [6.07, 6.45) is 4.54. The summed E-state index contributed by atoms with van der Waals surface area (Å²) in [7, 11) is 3.53. The molecule has 1 aromatic rings. The summed E-state index contributed by atoms with van der Waals surface area (Å²) < 4.78 is 19.0. The fourth-order valence-electron chi connectivity index (χ4n) is 1.72. The first-order chi connectivity index (χ1) is 8.00. The molecule has 0 bridgehead atoms. The Kier molecular flexibility index (Phi) is 5.02. The highest BCUT2D eigenvalue weighted by molar-refractivity contribution is 5.17. The smallest absolute Gasteiger partial charge is 0.146 e. The first-order valence-electron chi connectivity index (χ1n) is 5.82. The van der Waals surface area contributed by atoms with Crippen LogP contribution >= 0.6 is 0 Å². The van der Waals surface area contributed by atoms with E-state index in [2.05, 4.69) is 10.3 Å². The van der Waals surface area contributed by atoms with Crippen LogP contribution in [-0.4, -0.2) is 24.7 Å². The molecule has 0 radical (unpaired) electrons. The maximum absolute atomic E-state index is 13.6. The molecule has 0 aromatic carbocycles. The molecule has 17 heavy (non-hydrogen) atoms. The van der Waals surface area contributed by atoms with Crippen LogP contribution in [0.5, 0.6) is 0 Å². The third kappa shape index (κ3) is 4.06. The Morgan fingerprint density at radius 1 is 1.53 bits per heavy atom. The third-order valence-corrected chi connectivity index (χ3v) is 3.12. The highest BCUT2D eigenvalue weighted by atomic mass is 19.1. The van der Waals surface area contributed by atoms with E-state index in [4.69, 9.17) is 4.74 Å². The van der Waals surface area contributed by atoms with Crippen LogP contribution in [0.3, 0.4) is 0 Å². The van der Waals surface area contributed by atoms with E-state index in [0.717, 1.165) is 12.8 Å². The van der Waals surface area contributed by atoms with Gasteiger partial charge in [-0.3, -0.25) is 4.98 Å². The molecular weight excluding hydrogens is 219 g/mol. The first-order valence-corrected chi connectivity index (χ1v) is 5.82. The van der Waals surface area contributed by atoms with Crippen LogP contribution in [0, 0.1) is 5.82 Å². The molecule has 1 rings (SSSR count). The molecule has 0 aliphatic heterocycles. The van der Waals surface area contributed by atoms with Crippen LogP contribution in [-0.2, 0) is 4.74 Å². The zero-order valence-electron chi connectivity index (χ0n) is 11.0. The van der Waals surface area contributed by atoms with Crippen LogP contribution in [0.1, 0.15) is 38.3 Å². The fourth-order valence-corrected chi connectivity index (χ4v) is 1.72. The Balaban J connectivity index is 2.70. The van der Waals surface area contributed by atoms with Crippen molar-refractivity contribution in [1.82, 2.24) is 10.3 Å². The Labute approximate surface area is 102 Å². The monoisotopic (exact) mass is 240 g/mol. The Morgan fingerprint density at radius 2 is 2.24 bits per heavy atom. The van der Waals surface area contributed by atoms with Gasteiger partial charge in [0.1, 0.15) is 5.82 Å². The number of ether oxygens (including phenoxy) is 1. The highest BCUT2D eigenvalue weighted by Crippen LogP contribution is 2.25. The van der Waals surface area contributed by atoms with Crippen molar-refractivity contribution in [3.05, 3.63) is 29.8 Å². The topological polar surface area (TPSA) is 34.1 Å². The van der Waals surface area contributed by atoms with Crippen LogP contribution < -0.4 is 5.32 Å². The van der Waals surface area contributed by atoms with Crippen molar-refractivity contribution in [2.45, 2.75) is 38.3 Å². The van der Waals surface area contributed by atoms with E-state index >= 15 is 0 Å². The molecule has 0 aliphatic carbocycles. The molecule has 1 aromatic heterocycles. The van der Waals surface area contributed by atoms with E-state index in [1.54, 1.807) is 19.4 Å². The second kappa shape index (κ2) is 6.07. The number of rotatable bonds is 6. The van der Waals surface area contributed by atoms with E-state index < -0.39 is 0 Å². The molecule has 0 amide bonds. The number of hydrogen-bond donors (Lipinski definition) is 1. The molecule has 0 aliphatic rings. The molecular formula is C13H21FN2O. The van der Waals surface area contributed by atoms with Crippen molar-refractivity contribution < 1.29 is 9.13 Å². The summed E-state index contributed by atoms with van der Waals surface area (Å²) in [5, 5.41) is 3.13. The molecule has 0 saturated heterocycles. The van der Waals surface area contributed by atoms with Crippen LogP contribution in [0.2, 0.25) is 0 Å². The van der Waals surface area contributed by atoms with Crippen molar-refractivity contribution in [3.8, 4) is 0 Å². The van der Waals surface area contributed by atoms with Gasteiger partial charge in [0.05, 0.1) is 11.8 Å². The number of pyridine rings is 1. The normalized spacial score (nSPS) is 13.7. The number of nitrogens with one attached hydrogen (secondary N) is 1. The number of nitrogens with zero attached hydrogens (tertiary/aromatic N) is 1. The SMILES string of the molecule is CNC(CCC(C)(C)OC)c1ccncc1F. The summed E-state index contributed by atoms with van der Waals surface area (Å²) in [4.78, 5) is 3.76. The average molecular weight is 240 g/mol. The lowest BCUT2D eigenvalue weighted by atomic mass is 9.95. The van der Waals surface area contributed by atoms with Crippen LogP contribution in [0.4, 0.5) is 4.39 Å². The lowest BCUT2D eigenvalue weighted by Crippen LogP contribution is -2.26. The molecule has 4 heteroatoms. The Hall–Kier alpha value is -1.00. The van der Waals surface area contributed by atoms with Crippen molar-refractivity contribution >= 4 is 0 Å². The molecule has 1 heterocycles. The highest BCUT2D eigenvalue weighted by Gasteiger charge is 2.20. The summed E-state index contributed by atoms with van der Waals surface area (Å²) >= 11 is 0. The maximum atomic E-state index is 13.6. The van der Waals surface area contributed by atoms with Gasteiger partial charge in [-0.05, 0) is 39.8 Å².